The van der Waals surface area contributed by atoms with Crippen molar-refractivity contribution in [1.82, 2.24) is 9.97 Å². The van der Waals surface area contributed by atoms with Gasteiger partial charge in [-0.2, -0.15) is 0 Å². The molecule has 0 aliphatic carbocycles. The van der Waals surface area contributed by atoms with Crippen LogP contribution in [-0.4, -0.2) is 21.8 Å². The maximum Gasteiger partial charge on any atom is 0.257 e. The predicted octanol–water partition coefficient (Wildman–Crippen LogP) is 4.21. The average Bonchev–Trinajstić information content (AvgIpc) is 2.59. The van der Waals surface area contributed by atoms with E-state index in [-0.39, 0.29) is 11.1 Å². The lowest BCUT2D eigenvalue weighted by Gasteiger charge is -2.11. The molecule has 0 radical (unpaired) electrons. The molecule has 2 heterocycles. The highest BCUT2D eigenvalue weighted by Crippen LogP contribution is 2.16. The second-order valence-corrected chi connectivity index (χ2v) is 6.80. The van der Waals surface area contributed by atoms with Crippen molar-refractivity contribution < 1.29 is 9.59 Å². The number of carbonyl (C=O) groups excluding carboxylic acids is 2. The highest BCUT2D eigenvalue weighted by atomic mass is 16.2. The molecule has 0 saturated carbocycles. The summed E-state index contributed by atoms with van der Waals surface area (Å²) in [5, 5.41) is 5.54. The van der Waals surface area contributed by atoms with Crippen LogP contribution in [0.2, 0.25) is 0 Å². The highest BCUT2D eigenvalue weighted by Gasteiger charge is 2.18. The van der Waals surface area contributed by atoms with Crippen LogP contribution in [0.1, 0.15) is 43.2 Å². The lowest BCUT2D eigenvalue weighted by atomic mass is 10.1. The van der Waals surface area contributed by atoms with E-state index in [4.69, 9.17) is 0 Å². The Morgan fingerprint density at radius 1 is 0.679 bits per heavy atom. The lowest BCUT2D eigenvalue weighted by Crippen LogP contribution is -2.21. The van der Waals surface area contributed by atoms with E-state index >= 15 is 0 Å². The van der Waals surface area contributed by atoms with Crippen molar-refractivity contribution in [2.45, 2.75) is 27.7 Å². The molecule has 2 N–H and O–H groups in total. The molecule has 6 nitrogen and oxygen atoms in total. The van der Waals surface area contributed by atoms with E-state index < -0.39 is 11.8 Å². The summed E-state index contributed by atoms with van der Waals surface area (Å²) in [6.45, 7) is 7.59. The molecule has 1 aromatic carbocycles. The molecule has 28 heavy (non-hydrogen) atoms. The van der Waals surface area contributed by atoms with Crippen LogP contribution in [-0.2, 0) is 0 Å². The molecule has 6 heteroatoms. The maximum absolute atomic E-state index is 12.8. The number of nitrogens with one attached hydrogen (secondary N) is 2. The van der Waals surface area contributed by atoms with E-state index in [1.54, 1.807) is 36.4 Å². The molecule has 0 aliphatic heterocycles. The Labute approximate surface area is 164 Å². The average molecular weight is 374 g/mol. The van der Waals surface area contributed by atoms with Gasteiger partial charge in [0.05, 0.1) is 11.1 Å². The monoisotopic (exact) mass is 374 g/mol. The number of amides is 2. The van der Waals surface area contributed by atoms with Gasteiger partial charge in [0.25, 0.3) is 11.8 Å². The zero-order valence-corrected chi connectivity index (χ0v) is 16.3. The van der Waals surface area contributed by atoms with Crippen molar-refractivity contribution in [3.63, 3.8) is 0 Å². The first-order chi connectivity index (χ1) is 13.3. The highest BCUT2D eigenvalue weighted by molar-refractivity contribution is 6.15. The fourth-order valence-corrected chi connectivity index (χ4v) is 3.06. The van der Waals surface area contributed by atoms with Crippen LogP contribution in [0, 0.1) is 27.7 Å². The summed E-state index contributed by atoms with van der Waals surface area (Å²) in [5.74, 6) is 0.121. The number of benzene rings is 1. The summed E-state index contributed by atoms with van der Waals surface area (Å²) in [5.41, 5.74) is 4.14. The molecule has 0 spiro atoms. The molecule has 2 aromatic heterocycles. The van der Waals surface area contributed by atoms with Crippen LogP contribution in [0.15, 0.2) is 48.5 Å². The topological polar surface area (TPSA) is 84.0 Å². The third-order valence-electron chi connectivity index (χ3n) is 4.10. The number of nitrogens with zero attached hydrogens (tertiary/aromatic N) is 2. The van der Waals surface area contributed by atoms with Crippen LogP contribution in [0.25, 0.3) is 0 Å². The second kappa shape index (κ2) is 8.00. The zero-order chi connectivity index (χ0) is 20.3. The van der Waals surface area contributed by atoms with E-state index in [2.05, 4.69) is 20.6 Å². The number of anilines is 2. The quantitative estimate of drug-likeness (QED) is 0.716. The minimum atomic E-state index is -0.392. The Bertz CT molecular complexity index is 935. The number of aryl methyl sites for hydroxylation is 4. The largest absolute Gasteiger partial charge is 0.307 e. The molecule has 3 aromatic rings. The van der Waals surface area contributed by atoms with E-state index in [9.17, 15) is 9.59 Å². The lowest BCUT2D eigenvalue weighted by molar-refractivity contribution is 0.0990. The fraction of sp³-hybridized carbons (Fsp3) is 0.182. The zero-order valence-electron chi connectivity index (χ0n) is 16.3. The summed E-state index contributed by atoms with van der Waals surface area (Å²) in [6.07, 6.45) is 0. The summed E-state index contributed by atoms with van der Waals surface area (Å²) in [7, 11) is 0. The van der Waals surface area contributed by atoms with Gasteiger partial charge in [-0.15, -0.1) is 0 Å². The Hall–Kier alpha value is -3.54. The maximum atomic E-state index is 12.8. The van der Waals surface area contributed by atoms with E-state index in [1.807, 2.05) is 39.8 Å². The predicted molar refractivity (Wildman–Crippen MR) is 110 cm³/mol. The second-order valence-electron chi connectivity index (χ2n) is 6.80. The Morgan fingerprint density at radius 3 is 1.43 bits per heavy atom. The third-order valence-corrected chi connectivity index (χ3v) is 4.10. The van der Waals surface area contributed by atoms with Crippen LogP contribution in [0.5, 0.6) is 0 Å². The first-order valence-electron chi connectivity index (χ1n) is 8.94. The number of hydrogen-bond donors (Lipinski definition) is 2. The molecule has 142 valence electrons. The van der Waals surface area contributed by atoms with Gasteiger partial charge < -0.3 is 10.6 Å². The Kier molecular flexibility index (Phi) is 5.49. The van der Waals surface area contributed by atoms with Gasteiger partial charge in [-0.1, -0.05) is 12.1 Å². The van der Waals surface area contributed by atoms with Gasteiger partial charge in [0.1, 0.15) is 11.6 Å². The van der Waals surface area contributed by atoms with Crippen molar-refractivity contribution in [2.75, 3.05) is 10.6 Å². The van der Waals surface area contributed by atoms with E-state index in [0.29, 0.717) is 11.6 Å². The molecule has 0 saturated heterocycles. The number of carbonyl (C=O) groups is 2. The molecule has 2 amide bonds. The SMILES string of the molecule is Cc1cc(C)nc(NC(=O)c2ccccc2C(=O)Nc2cc(C)cc(C)n2)c1. The third kappa shape index (κ3) is 4.59. The summed E-state index contributed by atoms with van der Waals surface area (Å²) >= 11 is 0. The number of aromatic nitrogens is 2. The molecular formula is C22H22N4O2. The van der Waals surface area contributed by atoms with E-state index in [1.165, 1.54) is 0 Å². The van der Waals surface area contributed by atoms with Crippen molar-refractivity contribution in [3.05, 3.63) is 82.2 Å². The van der Waals surface area contributed by atoms with Gasteiger partial charge >= 0.3 is 0 Å². The van der Waals surface area contributed by atoms with Crippen molar-refractivity contribution in [2.24, 2.45) is 0 Å². The van der Waals surface area contributed by atoms with Crippen molar-refractivity contribution in [3.8, 4) is 0 Å². The first kappa shape index (κ1) is 19.2. The van der Waals surface area contributed by atoms with Crippen LogP contribution in [0.4, 0.5) is 11.6 Å². The normalized spacial score (nSPS) is 10.4. The number of hydrogen-bond acceptors (Lipinski definition) is 4. The minimum absolute atomic E-state index is 0.269. The molecule has 3 rings (SSSR count). The standard InChI is InChI=1S/C22H22N4O2/c1-13-9-15(3)23-19(11-13)25-21(27)17-7-5-6-8-18(17)22(28)26-20-12-14(2)10-16(4)24-20/h5-12H,1-4H3,(H,23,25,27)(H,24,26,28). The van der Waals surface area contributed by atoms with Crippen LogP contribution >= 0.6 is 0 Å². The summed E-state index contributed by atoms with van der Waals surface area (Å²) in [4.78, 5) is 34.2. The molecule has 0 atom stereocenters. The number of rotatable bonds is 4. The summed E-state index contributed by atoms with van der Waals surface area (Å²) in [6, 6.07) is 14.1. The molecular weight excluding hydrogens is 352 g/mol. The van der Waals surface area contributed by atoms with Crippen LogP contribution in [0.3, 0.4) is 0 Å². The van der Waals surface area contributed by atoms with Crippen molar-refractivity contribution in [1.29, 1.82) is 0 Å². The van der Waals surface area contributed by atoms with Gasteiger partial charge in [-0.3, -0.25) is 9.59 Å². The minimum Gasteiger partial charge on any atom is -0.307 e. The Balaban J connectivity index is 1.85. The summed E-state index contributed by atoms with van der Waals surface area (Å²) < 4.78 is 0. The van der Waals surface area contributed by atoms with E-state index in [0.717, 1.165) is 22.5 Å². The molecule has 0 fully saturated rings. The molecule has 0 unspecified atom stereocenters. The number of pyridine rings is 2. The van der Waals surface area contributed by atoms with Gasteiger partial charge in [0, 0.05) is 11.4 Å². The van der Waals surface area contributed by atoms with Gasteiger partial charge in [-0.25, -0.2) is 9.97 Å². The van der Waals surface area contributed by atoms with Crippen LogP contribution < -0.4 is 10.6 Å². The molecule has 0 aliphatic rings. The van der Waals surface area contributed by atoms with Gasteiger partial charge in [0.15, 0.2) is 0 Å². The first-order valence-corrected chi connectivity index (χ1v) is 8.94. The van der Waals surface area contributed by atoms with Gasteiger partial charge in [0.2, 0.25) is 0 Å². The Morgan fingerprint density at radius 2 is 1.07 bits per heavy atom. The molecule has 0 bridgehead atoms. The smallest absolute Gasteiger partial charge is 0.257 e. The van der Waals surface area contributed by atoms with Crippen molar-refractivity contribution >= 4 is 23.5 Å². The fourth-order valence-electron chi connectivity index (χ4n) is 3.06. The van der Waals surface area contributed by atoms with Gasteiger partial charge in [-0.05, 0) is 75.2 Å².